The smallest absolute Gasteiger partial charge is 0.270 e. The van der Waals surface area contributed by atoms with Gasteiger partial charge < -0.3 is 5.11 Å². The third kappa shape index (κ3) is 3.75. The van der Waals surface area contributed by atoms with E-state index in [-0.39, 0.29) is 16.7 Å². The summed E-state index contributed by atoms with van der Waals surface area (Å²) in [6, 6.07) is 6.67. The van der Waals surface area contributed by atoms with Crippen molar-refractivity contribution in [2.24, 2.45) is 5.14 Å². The highest BCUT2D eigenvalue weighted by Crippen LogP contribution is 2.33. The first kappa shape index (κ1) is 18.0. The lowest BCUT2D eigenvalue weighted by Crippen LogP contribution is -2.16. The molecule has 2 aromatic carbocycles. The number of rotatable bonds is 4. The summed E-state index contributed by atoms with van der Waals surface area (Å²) >= 11 is 0. The van der Waals surface area contributed by atoms with E-state index in [1.165, 1.54) is 26.0 Å². The van der Waals surface area contributed by atoms with Crippen molar-refractivity contribution < 1.29 is 22.8 Å². The molecule has 0 aliphatic heterocycles. The lowest BCUT2D eigenvalue weighted by molar-refractivity contribution is -0.385. The number of nitro groups is 1. The van der Waals surface area contributed by atoms with Gasteiger partial charge in [0.15, 0.2) is 0 Å². The quantitative estimate of drug-likeness (QED) is 0.644. The average molecular weight is 354 g/mol. The van der Waals surface area contributed by atoms with Crippen molar-refractivity contribution in [2.75, 3.05) is 0 Å². The fraction of sp³-hybridized carbons (Fsp3) is 0.200. The van der Waals surface area contributed by atoms with Crippen LogP contribution in [0.1, 0.15) is 19.4 Å². The zero-order chi connectivity index (χ0) is 18.3. The maximum absolute atomic E-state index is 13.9. The topological polar surface area (TPSA) is 124 Å². The molecule has 0 spiro atoms. The summed E-state index contributed by atoms with van der Waals surface area (Å²) < 4.78 is 37.4. The molecule has 2 aromatic rings. The molecule has 2 rings (SSSR count). The van der Waals surface area contributed by atoms with Gasteiger partial charge in [0, 0.05) is 17.7 Å². The summed E-state index contributed by atoms with van der Waals surface area (Å²) in [5, 5.41) is 26.0. The fourth-order valence-electron chi connectivity index (χ4n) is 2.20. The van der Waals surface area contributed by atoms with Crippen LogP contribution in [0.5, 0.6) is 0 Å². The number of nitro benzene ring substituents is 1. The molecule has 0 aliphatic rings. The van der Waals surface area contributed by atoms with E-state index < -0.39 is 36.9 Å². The van der Waals surface area contributed by atoms with Gasteiger partial charge >= 0.3 is 0 Å². The monoisotopic (exact) mass is 354 g/mol. The second kappa shape index (κ2) is 5.93. The zero-order valence-corrected chi connectivity index (χ0v) is 13.7. The Kier molecular flexibility index (Phi) is 4.44. The van der Waals surface area contributed by atoms with Gasteiger partial charge in [0.2, 0.25) is 10.0 Å². The molecule has 0 aromatic heterocycles. The molecule has 128 valence electrons. The maximum Gasteiger partial charge on any atom is 0.270 e. The normalized spacial score (nSPS) is 12.2. The number of nitrogens with zero attached hydrogens (tertiary/aromatic N) is 1. The summed E-state index contributed by atoms with van der Waals surface area (Å²) in [7, 11) is -4.29. The summed E-state index contributed by atoms with van der Waals surface area (Å²) in [5.74, 6) is -0.691. The van der Waals surface area contributed by atoms with Crippen LogP contribution < -0.4 is 5.14 Å². The standard InChI is InChI=1S/C15H15FN2O5S/c1-15(2,19)10-5-9(6-11(16)7-10)13-4-3-12(18(20)21)8-14(13)24(17,22)23/h3-8,19H,1-2H3,(H2,17,22,23). The van der Waals surface area contributed by atoms with Gasteiger partial charge in [-0.1, -0.05) is 0 Å². The largest absolute Gasteiger partial charge is 0.386 e. The third-order valence-electron chi connectivity index (χ3n) is 3.40. The minimum atomic E-state index is -4.29. The van der Waals surface area contributed by atoms with Gasteiger partial charge in [-0.15, -0.1) is 0 Å². The molecule has 7 nitrogen and oxygen atoms in total. The first-order valence-corrected chi connectivity index (χ1v) is 8.29. The Labute approximate surface area is 137 Å². The van der Waals surface area contributed by atoms with Gasteiger partial charge in [-0.05, 0) is 49.2 Å². The van der Waals surface area contributed by atoms with Crippen molar-refractivity contribution >= 4 is 15.7 Å². The van der Waals surface area contributed by atoms with Crippen molar-refractivity contribution in [1.82, 2.24) is 0 Å². The molecule has 0 radical (unpaired) electrons. The fourth-order valence-corrected chi connectivity index (χ4v) is 2.97. The maximum atomic E-state index is 13.9. The van der Waals surface area contributed by atoms with Gasteiger partial charge in [-0.2, -0.15) is 0 Å². The van der Waals surface area contributed by atoms with Crippen molar-refractivity contribution in [2.45, 2.75) is 24.3 Å². The van der Waals surface area contributed by atoms with Gasteiger partial charge in [0.1, 0.15) is 5.82 Å². The van der Waals surface area contributed by atoms with Crippen molar-refractivity contribution in [3.05, 3.63) is 57.9 Å². The third-order valence-corrected chi connectivity index (χ3v) is 4.35. The van der Waals surface area contributed by atoms with Gasteiger partial charge in [-0.3, -0.25) is 10.1 Å². The first-order chi connectivity index (χ1) is 10.9. The van der Waals surface area contributed by atoms with Gasteiger partial charge in [-0.25, -0.2) is 17.9 Å². The Morgan fingerprint density at radius 1 is 1.21 bits per heavy atom. The molecule has 9 heteroatoms. The molecular weight excluding hydrogens is 339 g/mol. The van der Waals surface area contributed by atoms with Gasteiger partial charge in [0.05, 0.1) is 15.4 Å². The molecular formula is C15H15FN2O5S. The van der Waals surface area contributed by atoms with Crippen LogP contribution in [0, 0.1) is 15.9 Å². The molecule has 24 heavy (non-hydrogen) atoms. The lowest BCUT2D eigenvalue weighted by Gasteiger charge is -2.19. The number of sulfonamides is 1. The molecule has 0 aliphatic carbocycles. The van der Waals surface area contributed by atoms with E-state index in [9.17, 15) is 28.0 Å². The van der Waals surface area contributed by atoms with E-state index in [0.717, 1.165) is 24.3 Å². The zero-order valence-electron chi connectivity index (χ0n) is 12.9. The summed E-state index contributed by atoms with van der Waals surface area (Å²) in [6.45, 7) is 2.89. The van der Waals surface area contributed by atoms with E-state index in [2.05, 4.69) is 0 Å². The number of non-ortho nitro benzene ring substituents is 1. The Bertz CT molecular complexity index is 920. The minimum absolute atomic E-state index is 0.00750. The Balaban J connectivity index is 2.78. The van der Waals surface area contributed by atoms with E-state index in [1.54, 1.807) is 0 Å². The molecule has 0 saturated heterocycles. The van der Waals surface area contributed by atoms with Crippen molar-refractivity contribution in [1.29, 1.82) is 0 Å². The van der Waals surface area contributed by atoms with E-state index in [1.807, 2.05) is 0 Å². The first-order valence-electron chi connectivity index (χ1n) is 6.74. The minimum Gasteiger partial charge on any atom is -0.386 e. The molecule has 3 N–H and O–H groups in total. The molecule has 0 amide bonds. The highest BCUT2D eigenvalue weighted by molar-refractivity contribution is 7.89. The van der Waals surface area contributed by atoms with E-state index in [4.69, 9.17) is 5.14 Å². The number of hydrogen-bond acceptors (Lipinski definition) is 5. The Hall–Kier alpha value is -2.36. The molecule has 0 heterocycles. The van der Waals surface area contributed by atoms with E-state index >= 15 is 0 Å². The van der Waals surface area contributed by atoms with Crippen LogP contribution in [0.3, 0.4) is 0 Å². The van der Waals surface area contributed by atoms with Crippen LogP contribution in [-0.4, -0.2) is 18.4 Å². The SMILES string of the molecule is CC(C)(O)c1cc(F)cc(-c2ccc([N+](=O)[O-])cc2S(N)(=O)=O)c1. The predicted octanol–water partition coefficient (Wildman–Crippen LogP) is 2.28. The molecule has 0 unspecified atom stereocenters. The van der Waals surface area contributed by atoms with Crippen LogP contribution in [-0.2, 0) is 15.6 Å². The molecule has 0 atom stereocenters. The van der Waals surface area contributed by atoms with Crippen LogP contribution in [0.4, 0.5) is 10.1 Å². The van der Waals surface area contributed by atoms with Crippen molar-refractivity contribution in [3.63, 3.8) is 0 Å². The van der Waals surface area contributed by atoms with Crippen molar-refractivity contribution in [3.8, 4) is 11.1 Å². The molecule has 0 fully saturated rings. The number of nitrogens with two attached hydrogens (primary N) is 1. The number of hydrogen-bond donors (Lipinski definition) is 2. The second-order valence-electron chi connectivity index (χ2n) is 5.77. The summed E-state index contributed by atoms with van der Waals surface area (Å²) in [4.78, 5) is 9.59. The highest BCUT2D eigenvalue weighted by Gasteiger charge is 2.23. The van der Waals surface area contributed by atoms with Gasteiger partial charge in [0.25, 0.3) is 5.69 Å². The van der Waals surface area contributed by atoms with Crippen LogP contribution in [0.25, 0.3) is 11.1 Å². The Morgan fingerprint density at radius 2 is 1.83 bits per heavy atom. The number of benzene rings is 2. The van der Waals surface area contributed by atoms with Crippen LogP contribution in [0.15, 0.2) is 41.3 Å². The molecule has 0 bridgehead atoms. The van der Waals surface area contributed by atoms with E-state index in [0.29, 0.717) is 0 Å². The summed E-state index contributed by atoms with van der Waals surface area (Å²) in [5.41, 5.74) is -1.46. The summed E-state index contributed by atoms with van der Waals surface area (Å²) in [6.07, 6.45) is 0. The predicted molar refractivity (Wildman–Crippen MR) is 85.1 cm³/mol. The van der Waals surface area contributed by atoms with Crippen LogP contribution in [0.2, 0.25) is 0 Å². The van der Waals surface area contributed by atoms with Crippen LogP contribution >= 0.6 is 0 Å². The molecule has 0 saturated carbocycles. The number of halogens is 1. The second-order valence-corrected chi connectivity index (χ2v) is 7.30. The lowest BCUT2D eigenvalue weighted by atomic mass is 9.94. The number of primary sulfonamides is 1. The number of aliphatic hydroxyl groups is 1. The average Bonchev–Trinajstić information content (AvgIpc) is 2.44. The Morgan fingerprint density at radius 3 is 2.33 bits per heavy atom. The highest BCUT2D eigenvalue weighted by atomic mass is 32.2.